The quantitative estimate of drug-likeness (QED) is 0.664. The molecule has 1 aliphatic rings. The summed E-state index contributed by atoms with van der Waals surface area (Å²) in [5.41, 5.74) is 1.32. The van der Waals surface area contributed by atoms with Crippen LogP contribution < -0.4 is 5.32 Å². The van der Waals surface area contributed by atoms with Crippen LogP contribution in [-0.4, -0.2) is 28.5 Å². The Labute approximate surface area is 129 Å². The number of hydrogen-bond donors (Lipinski definition) is 1. The first-order chi connectivity index (χ1) is 10.1. The van der Waals surface area contributed by atoms with E-state index in [0.29, 0.717) is 21.5 Å². The fourth-order valence-corrected chi connectivity index (χ4v) is 2.98. The van der Waals surface area contributed by atoms with Crippen molar-refractivity contribution in [2.24, 2.45) is 0 Å². The Morgan fingerprint density at radius 3 is 3.14 bits per heavy atom. The number of halogens is 1. The van der Waals surface area contributed by atoms with Crippen LogP contribution in [-0.2, 0) is 14.3 Å². The molecule has 0 saturated heterocycles. The molecule has 0 aromatic carbocycles. The Kier molecular flexibility index (Phi) is 3.59. The maximum Gasteiger partial charge on any atom is 0.314 e. The highest BCUT2D eigenvalue weighted by Crippen LogP contribution is 2.38. The van der Waals surface area contributed by atoms with E-state index in [-0.39, 0.29) is 18.9 Å². The number of hydrogen-bond acceptors (Lipinski definition) is 5. The summed E-state index contributed by atoms with van der Waals surface area (Å²) < 4.78 is 5.62. The summed E-state index contributed by atoms with van der Waals surface area (Å²) in [6, 6.07) is 3.64. The van der Waals surface area contributed by atoms with Gasteiger partial charge in [-0.2, -0.15) is 0 Å². The highest BCUT2D eigenvalue weighted by Gasteiger charge is 2.35. The normalized spacial score (nSPS) is 17.2. The number of carbonyl (C=O) groups is 2. The van der Waals surface area contributed by atoms with Gasteiger partial charge in [-0.05, 0) is 28.9 Å². The lowest BCUT2D eigenvalue weighted by Gasteiger charge is -2.25. The number of carbonyl (C=O) groups excluding carboxylic acids is 2. The van der Waals surface area contributed by atoms with Crippen LogP contribution in [0, 0.1) is 0 Å². The van der Waals surface area contributed by atoms with Gasteiger partial charge in [0.05, 0.1) is 12.5 Å². The number of anilines is 1. The topological polar surface area (TPSA) is 81.2 Å². The second-order valence-electron chi connectivity index (χ2n) is 4.62. The Hall–Kier alpha value is -2.02. The van der Waals surface area contributed by atoms with Crippen LogP contribution in [0.1, 0.15) is 24.8 Å². The van der Waals surface area contributed by atoms with E-state index in [4.69, 9.17) is 4.74 Å². The molecule has 3 heterocycles. The first-order valence-corrected chi connectivity index (χ1v) is 7.31. The minimum atomic E-state index is -0.652. The number of ether oxygens (including phenoxy) is 1. The van der Waals surface area contributed by atoms with Crippen molar-refractivity contribution in [3.8, 4) is 0 Å². The third-order valence-corrected chi connectivity index (χ3v) is 3.88. The van der Waals surface area contributed by atoms with Gasteiger partial charge in [-0.3, -0.25) is 14.6 Å². The summed E-state index contributed by atoms with van der Waals surface area (Å²) in [4.78, 5) is 32.5. The summed E-state index contributed by atoms with van der Waals surface area (Å²) >= 11 is 3.34. The molecule has 0 saturated carbocycles. The molecule has 0 radical (unpaired) electrons. The lowest BCUT2D eigenvalue weighted by atomic mass is 9.90. The van der Waals surface area contributed by atoms with Crippen LogP contribution in [0.2, 0.25) is 0 Å². The molecule has 6 nitrogen and oxygen atoms in total. The maximum absolute atomic E-state index is 12.2. The zero-order valence-electron chi connectivity index (χ0n) is 11.2. The fraction of sp³-hybridized carbons (Fsp3) is 0.286. The molecule has 0 spiro atoms. The molecular formula is C14H12BrN3O3. The molecule has 108 valence electrons. The second-order valence-corrected chi connectivity index (χ2v) is 5.37. The molecule has 21 heavy (non-hydrogen) atoms. The van der Waals surface area contributed by atoms with Crippen molar-refractivity contribution in [1.82, 2.24) is 9.97 Å². The molecule has 2 aromatic heterocycles. The lowest BCUT2D eigenvalue weighted by molar-refractivity contribution is -0.146. The van der Waals surface area contributed by atoms with Gasteiger partial charge < -0.3 is 10.1 Å². The average molecular weight is 350 g/mol. The Morgan fingerprint density at radius 1 is 1.57 bits per heavy atom. The van der Waals surface area contributed by atoms with E-state index in [9.17, 15) is 9.59 Å². The van der Waals surface area contributed by atoms with E-state index >= 15 is 0 Å². The average Bonchev–Trinajstić information content (AvgIpc) is 2.46. The molecule has 0 aliphatic carbocycles. The summed E-state index contributed by atoms with van der Waals surface area (Å²) in [7, 11) is 0. The van der Waals surface area contributed by atoms with Gasteiger partial charge in [0.25, 0.3) is 0 Å². The summed E-state index contributed by atoms with van der Waals surface area (Å²) in [6.07, 6.45) is 1.71. The van der Waals surface area contributed by atoms with Crippen LogP contribution in [0.5, 0.6) is 0 Å². The van der Waals surface area contributed by atoms with Gasteiger partial charge in [0, 0.05) is 23.6 Å². The van der Waals surface area contributed by atoms with Gasteiger partial charge in [-0.25, -0.2) is 4.98 Å². The van der Waals surface area contributed by atoms with Gasteiger partial charge in [0.2, 0.25) is 5.91 Å². The van der Waals surface area contributed by atoms with E-state index in [1.165, 1.54) is 0 Å². The van der Waals surface area contributed by atoms with Gasteiger partial charge >= 0.3 is 5.97 Å². The highest BCUT2D eigenvalue weighted by atomic mass is 79.9. The largest absolute Gasteiger partial charge is 0.466 e. The lowest BCUT2D eigenvalue weighted by Crippen LogP contribution is -2.29. The van der Waals surface area contributed by atoms with Crippen LogP contribution in [0.25, 0.3) is 10.9 Å². The molecule has 7 heteroatoms. The van der Waals surface area contributed by atoms with Crippen molar-refractivity contribution in [3.63, 3.8) is 0 Å². The monoisotopic (exact) mass is 349 g/mol. The molecule has 1 aliphatic heterocycles. The van der Waals surface area contributed by atoms with Gasteiger partial charge in [0.1, 0.15) is 15.9 Å². The minimum absolute atomic E-state index is 0.0547. The number of aromatic nitrogens is 2. The molecule has 1 unspecified atom stereocenters. The van der Waals surface area contributed by atoms with E-state index in [0.717, 1.165) is 5.39 Å². The molecule has 1 N–H and O–H groups in total. The second kappa shape index (κ2) is 5.40. The molecule has 0 fully saturated rings. The third kappa shape index (κ3) is 2.37. The first kappa shape index (κ1) is 13.9. The number of pyridine rings is 2. The number of fused-ring (bicyclic) bond motifs is 3. The van der Waals surface area contributed by atoms with Crippen molar-refractivity contribution < 1.29 is 14.3 Å². The zero-order chi connectivity index (χ0) is 15.0. The van der Waals surface area contributed by atoms with E-state index < -0.39 is 11.9 Å². The van der Waals surface area contributed by atoms with Crippen molar-refractivity contribution in [1.29, 1.82) is 0 Å². The molecule has 2 aromatic rings. The van der Waals surface area contributed by atoms with Crippen LogP contribution in [0.15, 0.2) is 22.9 Å². The Morgan fingerprint density at radius 2 is 2.38 bits per heavy atom. The summed E-state index contributed by atoms with van der Waals surface area (Å²) in [5, 5.41) is 3.49. The van der Waals surface area contributed by atoms with Crippen molar-refractivity contribution in [2.45, 2.75) is 19.3 Å². The molecule has 0 bridgehead atoms. The third-order valence-electron chi connectivity index (χ3n) is 3.33. The molecule has 1 atom stereocenters. The smallest absolute Gasteiger partial charge is 0.314 e. The summed E-state index contributed by atoms with van der Waals surface area (Å²) in [6.45, 7) is 2.01. The fourth-order valence-electron chi connectivity index (χ4n) is 2.49. The van der Waals surface area contributed by atoms with E-state index in [1.54, 1.807) is 19.2 Å². The molecule has 1 amide bonds. The van der Waals surface area contributed by atoms with Crippen LogP contribution in [0.4, 0.5) is 5.82 Å². The standard InChI is InChI=1S/C14H12BrN3O3/c1-2-21-14(20)8-6-9(19)17-13-10(8)7-4-3-5-16-11(7)12(15)18-13/h3-5,8H,2,6H2,1H3,(H,17,18,19). The first-order valence-electron chi connectivity index (χ1n) is 6.52. The zero-order valence-corrected chi connectivity index (χ0v) is 12.8. The van der Waals surface area contributed by atoms with Crippen LogP contribution in [0.3, 0.4) is 0 Å². The van der Waals surface area contributed by atoms with Crippen molar-refractivity contribution in [3.05, 3.63) is 28.5 Å². The number of rotatable bonds is 2. The number of amides is 1. The number of nitrogens with one attached hydrogen (secondary N) is 1. The minimum Gasteiger partial charge on any atom is -0.466 e. The van der Waals surface area contributed by atoms with Crippen LogP contribution >= 0.6 is 15.9 Å². The van der Waals surface area contributed by atoms with Gasteiger partial charge in [-0.1, -0.05) is 6.07 Å². The van der Waals surface area contributed by atoms with Crippen molar-refractivity contribution in [2.75, 3.05) is 11.9 Å². The number of esters is 1. The van der Waals surface area contributed by atoms with E-state index in [1.807, 2.05) is 6.07 Å². The summed E-state index contributed by atoms with van der Waals surface area (Å²) in [5.74, 6) is -0.927. The Bertz CT molecular complexity index is 748. The molecular weight excluding hydrogens is 338 g/mol. The molecule has 3 rings (SSSR count). The van der Waals surface area contributed by atoms with E-state index in [2.05, 4.69) is 31.2 Å². The Balaban J connectivity index is 2.25. The van der Waals surface area contributed by atoms with Crippen molar-refractivity contribution >= 4 is 44.5 Å². The SMILES string of the molecule is CCOC(=O)C1CC(=O)Nc2nc(Br)c3ncccc3c21. The predicted octanol–water partition coefficient (Wildman–Crippen LogP) is 2.38. The van der Waals surface area contributed by atoms with Gasteiger partial charge in [-0.15, -0.1) is 0 Å². The maximum atomic E-state index is 12.2. The van der Waals surface area contributed by atoms with Gasteiger partial charge in [0.15, 0.2) is 0 Å². The predicted molar refractivity (Wildman–Crippen MR) is 79.9 cm³/mol. The highest BCUT2D eigenvalue weighted by molar-refractivity contribution is 9.10. The number of nitrogens with zero attached hydrogens (tertiary/aromatic N) is 2.